The molecule has 2 aliphatic heterocycles. The molecule has 6 nitrogen and oxygen atoms in total. The van der Waals surface area contributed by atoms with E-state index in [0.29, 0.717) is 5.41 Å². The quantitative estimate of drug-likeness (QED) is 0.743. The number of hydrogen-bond acceptors (Lipinski definition) is 6. The van der Waals surface area contributed by atoms with Gasteiger partial charge < -0.3 is 15.1 Å². The first-order chi connectivity index (χ1) is 14.1. The average molecular weight is 389 g/mol. The van der Waals surface area contributed by atoms with Crippen LogP contribution in [0.2, 0.25) is 0 Å². The van der Waals surface area contributed by atoms with Crippen molar-refractivity contribution in [3.8, 4) is 11.3 Å². The van der Waals surface area contributed by atoms with Gasteiger partial charge in [-0.1, -0.05) is 12.1 Å². The van der Waals surface area contributed by atoms with E-state index in [1.165, 1.54) is 24.9 Å². The number of nitrogens with zero attached hydrogens (tertiary/aromatic N) is 5. The maximum absolute atomic E-state index is 5.10. The number of rotatable bonds is 3. The Morgan fingerprint density at radius 2 is 1.90 bits per heavy atom. The summed E-state index contributed by atoms with van der Waals surface area (Å²) in [5, 5.41) is 3.60. The average Bonchev–Trinajstić information content (AvgIpc) is 3.16. The summed E-state index contributed by atoms with van der Waals surface area (Å²) in [5.41, 5.74) is 5.44. The van der Waals surface area contributed by atoms with E-state index in [4.69, 9.17) is 4.98 Å². The predicted molar refractivity (Wildman–Crippen MR) is 118 cm³/mol. The third kappa shape index (κ3) is 3.42. The van der Waals surface area contributed by atoms with Gasteiger partial charge in [0.15, 0.2) is 5.82 Å². The van der Waals surface area contributed by atoms with Crippen LogP contribution in [0.25, 0.3) is 22.3 Å². The van der Waals surface area contributed by atoms with Gasteiger partial charge in [-0.2, -0.15) is 0 Å². The van der Waals surface area contributed by atoms with Gasteiger partial charge in [0.05, 0.1) is 11.2 Å². The molecular weight excluding hydrogens is 360 g/mol. The maximum atomic E-state index is 5.10. The molecule has 0 aliphatic carbocycles. The molecule has 3 aromatic rings. The third-order valence-corrected chi connectivity index (χ3v) is 6.42. The van der Waals surface area contributed by atoms with Gasteiger partial charge in [-0.3, -0.25) is 4.98 Å². The van der Waals surface area contributed by atoms with Crippen molar-refractivity contribution in [3.05, 3.63) is 42.7 Å². The zero-order valence-corrected chi connectivity index (χ0v) is 17.2. The molecule has 2 saturated heterocycles. The fraction of sp³-hybridized carbons (Fsp3) is 0.435. The Kier molecular flexibility index (Phi) is 4.59. The number of nitrogens with one attached hydrogen (secondary N) is 1. The molecule has 1 N–H and O–H groups in total. The van der Waals surface area contributed by atoms with Crippen LogP contribution in [-0.2, 0) is 0 Å². The lowest BCUT2D eigenvalue weighted by Crippen LogP contribution is -2.42. The largest absolute Gasteiger partial charge is 0.378 e. The Hall–Kier alpha value is -2.73. The fourth-order valence-electron chi connectivity index (χ4n) is 4.75. The maximum Gasteiger partial charge on any atom is 0.157 e. The molecule has 1 unspecified atom stereocenters. The van der Waals surface area contributed by atoms with Crippen molar-refractivity contribution in [2.75, 3.05) is 50.1 Å². The van der Waals surface area contributed by atoms with E-state index in [1.807, 2.05) is 0 Å². The minimum atomic E-state index is 0.373. The van der Waals surface area contributed by atoms with Gasteiger partial charge in [0, 0.05) is 62.8 Å². The van der Waals surface area contributed by atoms with Crippen molar-refractivity contribution in [2.24, 2.45) is 5.41 Å². The first-order valence-electron chi connectivity index (χ1n) is 10.5. The normalized spacial score (nSPS) is 21.8. The van der Waals surface area contributed by atoms with E-state index < -0.39 is 0 Å². The monoisotopic (exact) mass is 388 g/mol. The summed E-state index contributed by atoms with van der Waals surface area (Å²) >= 11 is 0. The standard InChI is InChI=1S/C23H28N6/c1-28(2)18-6-4-17(5-7-18)19-14-20-21(26-12-11-25-20)22(27-19)29-13-9-23(16-29)8-3-10-24-15-23/h4-7,11-12,14,24H,3,8-10,13,15-16H2,1-2H3. The summed E-state index contributed by atoms with van der Waals surface area (Å²) in [6, 6.07) is 10.6. The van der Waals surface area contributed by atoms with Crippen LogP contribution in [0.15, 0.2) is 42.7 Å². The van der Waals surface area contributed by atoms with Crippen LogP contribution in [0.3, 0.4) is 0 Å². The zero-order chi connectivity index (χ0) is 19.8. The van der Waals surface area contributed by atoms with Gasteiger partial charge >= 0.3 is 0 Å². The van der Waals surface area contributed by atoms with Crippen LogP contribution in [0.4, 0.5) is 11.5 Å². The second-order valence-electron chi connectivity index (χ2n) is 8.65. The summed E-state index contributed by atoms with van der Waals surface area (Å²) < 4.78 is 0. The molecule has 2 fully saturated rings. The Balaban J connectivity index is 1.54. The second kappa shape index (κ2) is 7.26. The summed E-state index contributed by atoms with van der Waals surface area (Å²) in [6.07, 6.45) is 7.31. The minimum absolute atomic E-state index is 0.373. The summed E-state index contributed by atoms with van der Waals surface area (Å²) in [6.45, 7) is 4.33. The number of pyridine rings is 1. The highest BCUT2D eigenvalue weighted by Gasteiger charge is 2.40. The topological polar surface area (TPSA) is 57.2 Å². The molecule has 4 heterocycles. The highest BCUT2D eigenvalue weighted by atomic mass is 15.2. The van der Waals surface area contributed by atoms with Crippen LogP contribution in [0.5, 0.6) is 0 Å². The molecule has 150 valence electrons. The van der Waals surface area contributed by atoms with Crippen molar-refractivity contribution >= 4 is 22.5 Å². The molecule has 6 heteroatoms. The Morgan fingerprint density at radius 1 is 1.07 bits per heavy atom. The molecule has 1 aromatic carbocycles. The van der Waals surface area contributed by atoms with Crippen molar-refractivity contribution in [1.82, 2.24) is 20.3 Å². The summed E-state index contributed by atoms with van der Waals surface area (Å²) in [5.74, 6) is 0.977. The van der Waals surface area contributed by atoms with E-state index in [9.17, 15) is 0 Å². The van der Waals surface area contributed by atoms with Crippen molar-refractivity contribution in [1.29, 1.82) is 0 Å². The van der Waals surface area contributed by atoms with Gasteiger partial charge in [0.1, 0.15) is 5.52 Å². The second-order valence-corrected chi connectivity index (χ2v) is 8.65. The van der Waals surface area contributed by atoms with Crippen LogP contribution < -0.4 is 15.1 Å². The first kappa shape index (κ1) is 18.3. The Bertz CT molecular complexity index is 1010. The van der Waals surface area contributed by atoms with Crippen LogP contribution in [-0.4, -0.2) is 55.2 Å². The highest BCUT2D eigenvalue weighted by molar-refractivity contribution is 5.89. The summed E-state index contributed by atoms with van der Waals surface area (Å²) in [4.78, 5) is 18.9. The summed E-state index contributed by atoms with van der Waals surface area (Å²) in [7, 11) is 4.11. The van der Waals surface area contributed by atoms with Crippen LogP contribution >= 0.6 is 0 Å². The van der Waals surface area contributed by atoms with Gasteiger partial charge in [0.25, 0.3) is 0 Å². The van der Waals surface area contributed by atoms with Crippen molar-refractivity contribution in [2.45, 2.75) is 19.3 Å². The molecule has 1 spiro atoms. The Labute approximate surface area is 172 Å². The Morgan fingerprint density at radius 3 is 2.66 bits per heavy atom. The van der Waals surface area contributed by atoms with Crippen LogP contribution in [0.1, 0.15) is 19.3 Å². The van der Waals surface area contributed by atoms with Crippen LogP contribution in [0, 0.1) is 5.41 Å². The van der Waals surface area contributed by atoms with E-state index >= 15 is 0 Å². The molecule has 0 amide bonds. The number of anilines is 2. The number of aromatic nitrogens is 3. The van der Waals surface area contributed by atoms with E-state index in [2.05, 4.69) is 69.5 Å². The van der Waals surface area contributed by atoms with E-state index in [1.54, 1.807) is 12.4 Å². The van der Waals surface area contributed by atoms with E-state index in [0.717, 1.165) is 54.3 Å². The molecule has 2 aliphatic rings. The van der Waals surface area contributed by atoms with Crippen molar-refractivity contribution in [3.63, 3.8) is 0 Å². The highest BCUT2D eigenvalue weighted by Crippen LogP contribution is 2.40. The SMILES string of the molecule is CN(C)c1ccc(-c2cc3nccnc3c(N3CCC4(CCCNC4)C3)n2)cc1. The molecule has 29 heavy (non-hydrogen) atoms. The zero-order valence-electron chi connectivity index (χ0n) is 17.2. The lowest BCUT2D eigenvalue weighted by Gasteiger charge is -2.34. The fourth-order valence-corrected chi connectivity index (χ4v) is 4.75. The molecule has 0 saturated carbocycles. The van der Waals surface area contributed by atoms with Gasteiger partial charge in [-0.25, -0.2) is 9.97 Å². The molecule has 0 bridgehead atoms. The number of fused-ring (bicyclic) bond motifs is 1. The first-order valence-corrected chi connectivity index (χ1v) is 10.5. The predicted octanol–water partition coefficient (Wildman–Crippen LogP) is 3.34. The van der Waals surface area contributed by atoms with E-state index in [-0.39, 0.29) is 0 Å². The molecular formula is C23H28N6. The third-order valence-electron chi connectivity index (χ3n) is 6.42. The van der Waals surface area contributed by atoms with Gasteiger partial charge in [-0.05, 0) is 44.0 Å². The number of benzene rings is 1. The smallest absolute Gasteiger partial charge is 0.157 e. The molecule has 2 aromatic heterocycles. The lowest BCUT2D eigenvalue weighted by atomic mass is 9.80. The van der Waals surface area contributed by atoms with Gasteiger partial charge in [0.2, 0.25) is 0 Å². The number of piperidine rings is 1. The molecule has 5 rings (SSSR count). The van der Waals surface area contributed by atoms with Crippen molar-refractivity contribution < 1.29 is 0 Å². The van der Waals surface area contributed by atoms with Gasteiger partial charge in [-0.15, -0.1) is 0 Å². The molecule has 1 atom stereocenters. The lowest BCUT2D eigenvalue weighted by molar-refractivity contribution is 0.239. The number of hydrogen-bond donors (Lipinski definition) is 1. The minimum Gasteiger partial charge on any atom is -0.378 e. The molecule has 0 radical (unpaired) electrons.